The standard InChI is InChI=1S/C15H16FN/c1-11-3-8-15(16)14(9-11)13-6-4-12(5-7-13)10-17-2/h3-9,17H,10H2,1-2H3. The van der Waals surface area contributed by atoms with E-state index in [2.05, 4.69) is 5.32 Å². The molecule has 88 valence electrons. The van der Waals surface area contributed by atoms with Crippen molar-refractivity contribution < 1.29 is 4.39 Å². The number of benzene rings is 2. The highest BCUT2D eigenvalue weighted by atomic mass is 19.1. The quantitative estimate of drug-likeness (QED) is 0.849. The third-order valence-electron chi connectivity index (χ3n) is 2.77. The second kappa shape index (κ2) is 5.11. The van der Waals surface area contributed by atoms with Crippen molar-refractivity contribution in [1.82, 2.24) is 5.32 Å². The van der Waals surface area contributed by atoms with Crippen LogP contribution in [0.5, 0.6) is 0 Å². The maximum absolute atomic E-state index is 13.7. The minimum atomic E-state index is -0.169. The highest BCUT2D eigenvalue weighted by Gasteiger charge is 2.04. The molecule has 0 atom stereocenters. The molecule has 0 aliphatic carbocycles. The van der Waals surface area contributed by atoms with E-state index in [0.29, 0.717) is 5.56 Å². The van der Waals surface area contributed by atoms with Gasteiger partial charge in [-0.25, -0.2) is 4.39 Å². The van der Waals surface area contributed by atoms with E-state index in [0.717, 1.165) is 17.7 Å². The minimum Gasteiger partial charge on any atom is -0.316 e. The Morgan fingerprint density at radius 2 is 1.76 bits per heavy atom. The SMILES string of the molecule is CNCc1ccc(-c2cc(C)ccc2F)cc1. The lowest BCUT2D eigenvalue weighted by Crippen LogP contribution is -2.04. The van der Waals surface area contributed by atoms with Gasteiger partial charge < -0.3 is 5.32 Å². The molecule has 0 spiro atoms. The average molecular weight is 229 g/mol. The molecule has 2 heteroatoms. The summed E-state index contributed by atoms with van der Waals surface area (Å²) in [6, 6.07) is 13.2. The first-order valence-electron chi connectivity index (χ1n) is 5.71. The molecule has 0 saturated carbocycles. The summed E-state index contributed by atoms with van der Waals surface area (Å²) >= 11 is 0. The van der Waals surface area contributed by atoms with Crippen molar-refractivity contribution in [3.8, 4) is 11.1 Å². The molecular weight excluding hydrogens is 213 g/mol. The lowest BCUT2D eigenvalue weighted by atomic mass is 10.0. The van der Waals surface area contributed by atoms with Gasteiger partial charge in [0.15, 0.2) is 0 Å². The van der Waals surface area contributed by atoms with Crippen molar-refractivity contribution in [1.29, 1.82) is 0 Å². The van der Waals surface area contributed by atoms with Crippen LogP contribution in [-0.4, -0.2) is 7.05 Å². The summed E-state index contributed by atoms with van der Waals surface area (Å²) in [6.07, 6.45) is 0. The molecule has 2 aromatic rings. The number of halogens is 1. The first kappa shape index (κ1) is 11.8. The summed E-state index contributed by atoms with van der Waals surface area (Å²) in [5.41, 5.74) is 3.86. The number of hydrogen-bond acceptors (Lipinski definition) is 1. The Bertz CT molecular complexity index is 503. The van der Waals surface area contributed by atoms with Crippen LogP contribution in [0.4, 0.5) is 4.39 Å². The Balaban J connectivity index is 2.36. The lowest BCUT2D eigenvalue weighted by molar-refractivity contribution is 0.631. The smallest absolute Gasteiger partial charge is 0.131 e. The lowest BCUT2D eigenvalue weighted by Gasteiger charge is -2.06. The predicted molar refractivity (Wildman–Crippen MR) is 69.3 cm³/mol. The summed E-state index contributed by atoms with van der Waals surface area (Å²) in [4.78, 5) is 0. The van der Waals surface area contributed by atoms with Crippen LogP contribution in [0, 0.1) is 12.7 Å². The molecule has 0 unspecified atom stereocenters. The van der Waals surface area contributed by atoms with Gasteiger partial charge in [0.25, 0.3) is 0 Å². The fraction of sp³-hybridized carbons (Fsp3) is 0.200. The largest absolute Gasteiger partial charge is 0.316 e. The van der Waals surface area contributed by atoms with Gasteiger partial charge in [-0.2, -0.15) is 0 Å². The summed E-state index contributed by atoms with van der Waals surface area (Å²) < 4.78 is 13.7. The fourth-order valence-electron chi connectivity index (χ4n) is 1.87. The molecular formula is C15H16FN. The highest BCUT2D eigenvalue weighted by molar-refractivity contribution is 5.65. The molecule has 0 fully saturated rings. The van der Waals surface area contributed by atoms with E-state index in [1.807, 2.05) is 44.3 Å². The minimum absolute atomic E-state index is 0.169. The molecule has 17 heavy (non-hydrogen) atoms. The monoisotopic (exact) mass is 229 g/mol. The Labute approximate surface area is 101 Å². The molecule has 2 aromatic carbocycles. The van der Waals surface area contributed by atoms with Gasteiger partial charge in [-0.1, -0.05) is 35.9 Å². The van der Waals surface area contributed by atoms with Gasteiger partial charge in [0.2, 0.25) is 0 Å². The van der Waals surface area contributed by atoms with Crippen molar-refractivity contribution >= 4 is 0 Å². The molecule has 0 radical (unpaired) electrons. The van der Waals surface area contributed by atoms with E-state index in [-0.39, 0.29) is 5.82 Å². The summed E-state index contributed by atoms with van der Waals surface area (Å²) in [7, 11) is 1.91. The molecule has 1 nitrogen and oxygen atoms in total. The molecule has 0 amide bonds. The van der Waals surface area contributed by atoms with Crippen LogP contribution in [0.1, 0.15) is 11.1 Å². The normalized spacial score (nSPS) is 10.5. The van der Waals surface area contributed by atoms with Crippen LogP contribution in [0.25, 0.3) is 11.1 Å². The van der Waals surface area contributed by atoms with Crippen molar-refractivity contribution in [2.45, 2.75) is 13.5 Å². The zero-order chi connectivity index (χ0) is 12.3. The van der Waals surface area contributed by atoms with Crippen LogP contribution < -0.4 is 5.32 Å². The summed E-state index contributed by atoms with van der Waals surface area (Å²) in [5.74, 6) is -0.169. The van der Waals surface area contributed by atoms with E-state index >= 15 is 0 Å². The molecule has 0 aliphatic rings. The van der Waals surface area contributed by atoms with Gasteiger partial charge in [-0.15, -0.1) is 0 Å². The third-order valence-corrected chi connectivity index (χ3v) is 2.77. The molecule has 1 N–H and O–H groups in total. The van der Waals surface area contributed by atoms with Gasteiger partial charge in [0, 0.05) is 12.1 Å². The van der Waals surface area contributed by atoms with E-state index in [4.69, 9.17) is 0 Å². The van der Waals surface area contributed by atoms with Crippen molar-refractivity contribution in [3.63, 3.8) is 0 Å². The van der Waals surface area contributed by atoms with E-state index in [1.165, 1.54) is 11.6 Å². The van der Waals surface area contributed by atoms with Crippen molar-refractivity contribution in [2.24, 2.45) is 0 Å². The Hall–Kier alpha value is -1.67. The molecule has 0 bridgehead atoms. The number of rotatable bonds is 3. The van der Waals surface area contributed by atoms with E-state index in [1.54, 1.807) is 6.07 Å². The molecule has 2 rings (SSSR count). The summed E-state index contributed by atoms with van der Waals surface area (Å²) in [6.45, 7) is 2.80. The third kappa shape index (κ3) is 2.71. The van der Waals surface area contributed by atoms with Crippen molar-refractivity contribution in [2.75, 3.05) is 7.05 Å². The van der Waals surface area contributed by atoms with E-state index in [9.17, 15) is 4.39 Å². The fourth-order valence-corrected chi connectivity index (χ4v) is 1.87. The van der Waals surface area contributed by atoms with Crippen molar-refractivity contribution in [3.05, 3.63) is 59.4 Å². The maximum atomic E-state index is 13.7. The second-order valence-corrected chi connectivity index (χ2v) is 4.21. The zero-order valence-electron chi connectivity index (χ0n) is 10.1. The van der Waals surface area contributed by atoms with Crippen LogP contribution >= 0.6 is 0 Å². The van der Waals surface area contributed by atoms with Crippen LogP contribution in [0.15, 0.2) is 42.5 Å². The van der Waals surface area contributed by atoms with Gasteiger partial charge in [-0.3, -0.25) is 0 Å². The van der Waals surface area contributed by atoms with Crippen LogP contribution in [0.3, 0.4) is 0 Å². The van der Waals surface area contributed by atoms with Gasteiger partial charge in [-0.05, 0) is 37.2 Å². The number of nitrogens with one attached hydrogen (secondary N) is 1. The van der Waals surface area contributed by atoms with Gasteiger partial charge in [0.05, 0.1) is 0 Å². The Morgan fingerprint density at radius 1 is 1.06 bits per heavy atom. The molecule has 0 heterocycles. The first-order chi connectivity index (χ1) is 8.20. The Kier molecular flexibility index (Phi) is 3.55. The highest BCUT2D eigenvalue weighted by Crippen LogP contribution is 2.24. The average Bonchev–Trinajstić information content (AvgIpc) is 2.34. The second-order valence-electron chi connectivity index (χ2n) is 4.21. The zero-order valence-corrected chi connectivity index (χ0v) is 10.1. The van der Waals surface area contributed by atoms with E-state index < -0.39 is 0 Å². The molecule has 0 saturated heterocycles. The molecule has 0 aliphatic heterocycles. The van der Waals surface area contributed by atoms with Crippen LogP contribution in [0.2, 0.25) is 0 Å². The number of aryl methyl sites for hydroxylation is 1. The first-order valence-corrected chi connectivity index (χ1v) is 5.71. The van der Waals surface area contributed by atoms with Gasteiger partial charge in [0.1, 0.15) is 5.82 Å². The maximum Gasteiger partial charge on any atom is 0.131 e. The number of hydrogen-bond donors (Lipinski definition) is 1. The van der Waals surface area contributed by atoms with Crippen LogP contribution in [-0.2, 0) is 6.54 Å². The molecule has 0 aromatic heterocycles. The predicted octanol–water partition coefficient (Wildman–Crippen LogP) is 3.52. The Morgan fingerprint density at radius 3 is 2.41 bits per heavy atom. The summed E-state index contributed by atoms with van der Waals surface area (Å²) in [5, 5.41) is 3.09. The topological polar surface area (TPSA) is 12.0 Å². The van der Waals surface area contributed by atoms with Gasteiger partial charge >= 0.3 is 0 Å².